The fourth-order valence-electron chi connectivity index (χ4n) is 1.63. The summed E-state index contributed by atoms with van der Waals surface area (Å²) in [6.45, 7) is 0. The van der Waals surface area contributed by atoms with Crippen molar-refractivity contribution in [3.8, 4) is 11.5 Å². The lowest BCUT2D eigenvalue weighted by molar-refractivity contribution is -0.384. The molecule has 0 saturated heterocycles. The zero-order chi connectivity index (χ0) is 15.4. The van der Waals surface area contributed by atoms with E-state index in [9.17, 15) is 10.1 Å². The molecule has 110 valence electrons. The van der Waals surface area contributed by atoms with Crippen molar-refractivity contribution in [2.75, 3.05) is 19.5 Å². The Hall–Kier alpha value is -2.61. The summed E-state index contributed by atoms with van der Waals surface area (Å²) in [6.07, 6.45) is 1.13. The highest BCUT2D eigenvalue weighted by atomic mass is 35.5. The molecule has 1 aromatic heterocycles. The Labute approximate surface area is 124 Å². The number of aromatic nitrogens is 2. The van der Waals surface area contributed by atoms with E-state index in [0.29, 0.717) is 17.2 Å². The van der Waals surface area contributed by atoms with Gasteiger partial charge in [-0.15, -0.1) is 0 Å². The maximum Gasteiger partial charge on any atom is 0.348 e. The number of nitro groups is 1. The van der Waals surface area contributed by atoms with Crippen LogP contribution < -0.4 is 14.8 Å². The van der Waals surface area contributed by atoms with Crippen LogP contribution in [-0.4, -0.2) is 29.1 Å². The van der Waals surface area contributed by atoms with Crippen molar-refractivity contribution >= 4 is 28.8 Å². The van der Waals surface area contributed by atoms with Crippen LogP contribution in [0.5, 0.6) is 11.5 Å². The lowest BCUT2D eigenvalue weighted by Gasteiger charge is -2.10. The van der Waals surface area contributed by atoms with Gasteiger partial charge in [-0.2, -0.15) is 0 Å². The molecule has 1 N–H and O–H groups in total. The fourth-order valence-corrected chi connectivity index (χ4v) is 1.83. The Morgan fingerprint density at radius 3 is 2.33 bits per heavy atom. The Bertz CT molecular complexity index is 658. The van der Waals surface area contributed by atoms with E-state index < -0.39 is 10.6 Å². The van der Waals surface area contributed by atoms with Crippen molar-refractivity contribution in [2.24, 2.45) is 0 Å². The topological polar surface area (TPSA) is 99.4 Å². The van der Waals surface area contributed by atoms with Gasteiger partial charge in [0.1, 0.15) is 17.8 Å². The van der Waals surface area contributed by atoms with Crippen LogP contribution in [0.3, 0.4) is 0 Å². The van der Waals surface area contributed by atoms with Crippen LogP contribution in [-0.2, 0) is 0 Å². The zero-order valence-electron chi connectivity index (χ0n) is 11.2. The maximum absolute atomic E-state index is 11.0. The van der Waals surface area contributed by atoms with Gasteiger partial charge in [-0.05, 0) is 0 Å². The van der Waals surface area contributed by atoms with E-state index in [4.69, 9.17) is 21.1 Å². The average molecular weight is 311 g/mol. The Morgan fingerprint density at radius 1 is 1.19 bits per heavy atom. The molecular weight excluding hydrogens is 300 g/mol. The van der Waals surface area contributed by atoms with Crippen molar-refractivity contribution in [1.29, 1.82) is 0 Å². The van der Waals surface area contributed by atoms with Gasteiger partial charge < -0.3 is 14.8 Å². The monoisotopic (exact) mass is 310 g/mol. The summed E-state index contributed by atoms with van der Waals surface area (Å²) in [5.74, 6) is 1.04. The number of hydrogen-bond donors (Lipinski definition) is 1. The van der Waals surface area contributed by atoms with Crippen LogP contribution in [0.4, 0.5) is 17.2 Å². The van der Waals surface area contributed by atoms with E-state index in [-0.39, 0.29) is 11.0 Å². The molecule has 0 atom stereocenters. The predicted molar refractivity (Wildman–Crippen MR) is 76.5 cm³/mol. The summed E-state index contributed by atoms with van der Waals surface area (Å²) in [7, 11) is 3.01. The van der Waals surface area contributed by atoms with Gasteiger partial charge in [0.25, 0.3) is 0 Å². The Morgan fingerprint density at radius 2 is 1.81 bits per heavy atom. The molecular formula is C12H11ClN4O4. The molecule has 0 aliphatic rings. The standard InChI is InChI=1S/C12H11ClN4O4/c1-20-8-3-7(4-9(5-8)21-2)16-12-10(17(18)19)11(13)14-6-15-12/h3-6H,1-2H3,(H,14,15,16). The second-order valence-corrected chi connectivity index (χ2v) is 4.20. The Balaban J connectivity index is 2.43. The third kappa shape index (κ3) is 3.29. The number of nitrogens with zero attached hydrogens (tertiary/aromatic N) is 3. The molecule has 9 heteroatoms. The highest BCUT2D eigenvalue weighted by molar-refractivity contribution is 6.31. The lowest BCUT2D eigenvalue weighted by atomic mass is 10.2. The largest absolute Gasteiger partial charge is 0.497 e. The second-order valence-electron chi connectivity index (χ2n) is 3.85. The van der Waals surface area contributed by atoms with Crippen LogP contribution in [0.2, 0.25) is 5.15 Å². The highest BCUT2D eigenvalue weighted by Gasteiger charge is 2.21. The molecule has 1 aromatic carbocycles. The number of ether oxygens (including phenoxy) is 2. The molecule has 0 fully saturated rings. The van der Waals surface area contributed by atoms with E-state index in [1.807, 2.05) is 0 Å². The van der Waals surface area contributed by atoms with Gasteiger partial charge in [0.05, 0.1) is 19.1 Å². The normalized spacial score (nSPS) is 10.0. The number of nitrogens with one attached hydrogen (secondary N) is 1. The van der Waals surface area contributed by atoms with E-state index in [1.54, 1.807) is 18.2 Å². The second kappa shape index (κ2) is 6.23. The Kier molecular flexibility index (Phi) is 4.39. The van der Waals surface area contributed by atoms with Gasteiger partial charge in [-0.25, -0.2) is 9.97 Å². The molecule has 0 spiro atoms. The first-order valence-corrected chi connectivity index (χ1v) is 6.08. The number of benzene rings is 1. The van der Waals surface area contributed by atoms with Crippen LogP contribution >= 0.6 is 11.6 Å². The van der Waals surface area contributed by atoms with Crippen molar-refractivity contribution < 1.29 is 14.4 Å². The van der Waals surface area contributed by atoms with Crippen molar-refractivity contribution in [2.45, 2.75) is 0 Å². The zero-order valence-corrected chi connectivity index (χ0v) is 11.9. The minimum Gasteiger partial charge on any atom is -0.497 e. The first kappa shape index (κ1) is 14.8. The average Bonchev–Trinajstić information content (AvgIpc) is 2.46. The fraction of sp³-hybridized carbons (Fsp3) is 0.167. The van der Waals surface area contributed by atoms with Crippen LogP contribution in [0.25, 0.3) is 0 Å². The van der Waals surface area contributed by atoms with E-state index >= 15 is 0 Å². The summed E-state index contributed by atoms with van der Waals surface area (Å²) in [5.41, 5.74) is 0.102. The quantitative estimate of drug-likeness (QED) is 0.515. The van der Waals surface area contributed by atoms with Crippen molar-refractivity contribution in [3.05, 3.63) is 39.8 Å². The van der Waals surface area contributed by atoms with Gasteiger partial charge >= 0.3 is 5.69 Å². The number of methoxy groups -OCH3 is 2. The molecule has 0 radical (unpaired) electrons. The van der Waals surface area contributed by atoms with Gasteiger partial charge in [-0.3, -0.25) is 10.1 Å². The minimum atomic E-state index is -0.651. The number of rotatable bonds is 5. The molecule has 8 nitrogen and oxygen atoms in total. The number of halogens is 1. The molecule has 0 amide bonds. The van der Waals surface area contributed by atoms with Crippen LogP contribution in [0, 0.1) is 10.1 Å². The van der Waals surface area contributed by atoms with Gasteiger partial charge in [0, 0.05) is 23.9 Å². The third-order valence-electron chi connectivity index (χ3n) is 2.57. The molecule has 0 aliphatic heterocycles. The number of hydrogen-bond acceptors (Lipinski definition) is 7. The molecule has 0 bridgehead atoms. The van der Waals surface area contributed by atoms with Gasteiger partial charge in [0.15, 0.2) is 0 Å². The van der Waals surface area contributed by atoms with Crippen LogP contribution in [0.15, 0.2) is 24.5 Å². The third-order valence-corrected chi connectivity index (χ3v) is 2.85. The first-order valence-electron chi connectivity index (χ1n) is 5.70. The lowest BCUT2D eigenvalue weighted by Crippen LogP contribution is -2.02. The summed E-state index contributed by atoms with van der Waals surface area (Å²) in [5, 5.41) is 13.6. The molecule has 2 rings (SSSR count). The van der Waals surface area contributed by atoms with E-state index in [0.717, 1.165) is 6.33 Å². The molecule has 0 unspecified atom stereocenters. The molecule has 0 aliphatic carbocycles. The van der Waals surface area contributed by atoms with Crippen molar-refractivity contribution in [1.82, 2.24) is 9.97 Å². The summed E-state index contributed by atoms with van der Waals surface area (Å²) in [6, 6.07) is 4.96. The smallest absolute Gasteiger partial charge is 0.348 e. The first-order chi connectivity index (χ1) is 10.0. The van der Waals surface area contributed by atoms with Gasteiger partial charge in [0.2, 0.25) is 11.0 Å². The predicted octanol–water partition coefficient (Wildman–Crippen LogP) is 2.80. The molecule has 0 saturated carbocycles. The van der Waals surface area contributed by atoms with Crippen molar-refractivity contribution in [3.63, 3.8) is 0 Å². The molecule has 1 heterocycles. The summed E-state index contributed by atoms with van der Waals surface area (Å²) >= 11 is 5.73. The van der Waals surface area contributed by atoms with E-state index in [2.05, 4.69) is 15.3 Å². The SMILES string of the molecule is COc1cc(Nc2ncnc(Cl)c2[N+](=O)[O-])cc(OC)c1. The maximum atomic E-state index is 11.0. The summed E-state index contributed by atoms with van der Waals surface area (Å²) < 4.78 is 10.2. The highest BCUT2D eigenvalue weighted by Crippen LogP contribution is 2.33. The van der Waals surface area contributed by atoms with Gasteiger partial charge in [-0.1, -0.05) is 11.6 Å². The number of anilines is 2. The minimum absolute atomic E-state index is 0.0182. The van der Waals surface area contributed by atoms with E-state index in [1.165, 1.54) is 14.2 Å². The summed E-state index contributed by atoms with van der Waals surface area (Å²) in [4.78, 5) is 17.8. The van der Waals surface area contributed by atoms with Crippen LogP contribution in [0.1, 0.15) is 0 Å². The molecule has 21 heavy (non-hydrogen) atoms. The molecule has 2 aromatic rings.